The van der Waals surface area contributed by atoms with Gasteiger partial charge in [0, 0.05) is 18.0 Å². The van der Waals surface area contributed by atoms with Crippen LogP contribution in [0.5, 0.6) is 0 Å². The first-order valence-corrected chi connectivity index (χ1v) is 9.52. The van der Waals surface area contributed by atoms with Gasteiger partial charge in [-0.2, -0.15) is 0 Å². The number of Topliss-reactive ketones (excluding diaryl/α,β-unsaturated/α-hetero) is 1. The van der Waals surface area contributed by atoms with Gasteiger partial charge in [0.15, 0.2) is 5.78 Å². The standard InChI is InChI=1S/C22H21F2NO3/c23-18-7-4-8-19(24)20(18)21(26)15-11-16-9-10-17(12-15)25(16)22(27)28-13-14-5-2-1-3-6-14/h1-8,15-17H,9-13H2. The summed E-state index contributed by atoms with van der Waals surface area (Å²) in [6.07, 6.45) is 1.97. The van der Waals surface area contributed by atoms with Gasteiger partial charge in [-0.05, 0) is 43.4 Å². The van der Waals surface area contributed by atoms with Crippen LogP contribution in [0.2, 0.25) is 0 Å². The lowest BCUT2D eigenvalue weighted by Crippen LogP contribution is -2.48. The lowest BCUT2D eigenvalue weighted by atomic mass is 9.84. The van der Waals surface area contributed by atoms with E-state index < -0.39 is 28.9 Å². The molecule has 146 valence electrons. The number of piperidine rings is 1. The van der Waals surface area contributed by atoms with Gasteiger partial charge in [-0.1, -0.05) is 36.4 Å². The lowest BCUT2D eigenvalue weighted by Gasteiger charge is -2.37. The minimum absolute atomic E-state index is 0.134. The number of hydrogen-bond acceptors (Lipinski definition) is 3. The second-order valence-electron chi connectivity index (χ2n) is 7.46. The van der Waals surface area contributed by atoms with Gasteiger partial charge < -0.3 is 9.64 Å². The minimum Gasteiger partial charge on any atom is -0.445 e. The van der Waals surface area contributed by atoms with Gasteiger partial charge in [-0.15, -0.1) is 0 Å². The SMILES string of the molecule is O=C(c1c(F)cccc1F)C1CC2CCC(C1)N2C(=O)OCc1ccccc1. The van der Waals surface area contributed by atoms with Crippen molar-refractivity contribution in [2.24, 2.45) is 5.92 Å². The number of hydrogen-bond donors (Lipinski definition) is 0. The number of fused-ring (bicyclic) bond motifs is 2. The van der Waals surface area contributed by atoms with Crippen molar-refractivity contribution in [3.63, 3.8) is 0 Å². The summed E-state index contributed by atoms with van der Waals surface area (Å²) in [5, 5.41) is 0. The Kier molecular flexibility index (Phi) is 5.11. The van der Waals surface area contributed by atoms with Gasteiger partial charge in [0.05, 0.1) is 5.56 Å². The largest absolute Gasteiger partial charge is 0.445 e. The molecule has 0 aromatic heterocycles. The van der Waals surface area contributed by atoms with Crippen molar-refractivity contribution in [3.8, 4) is 0 Å². The Balaban J connectivity index is 1.43. The highest BCUT2D eigenvalue weighted by molar-refractivity contribution is 5.98. The number of ether oxygens (including phenoxy) is 1. The fourth-order valence-electron chi connectivity index (χ4n) is 4.42. The summed E-state index contributed by atoms with van der Waals surface area (Å²) in [5.74, 6) is -2.66. The van der Waals surface area contributed by atoms with Gasteiger partial charge in [-0.3, -0.25) is 4.79 Å². The molecule has 2 unspecified atom stereocenters. The molecule has 2 saturated heterocycles. The average Bonchev–Trinajstić information content (AvgIpc) is 2.96. The molecule has 2 aromatic carbocycles. The van der Waals surface area contributed by atoms with E-state index in [0.717, 1.165) is 30.5 Å². The van der Waals surface area contributed by atoms with Crippen molar-refractivity contribution in [3.05, 3.63) is 71.3 Å². The zero-order valence-electron chi connectivity index (χ0n) is 15.3. The number of carbonyl (C=O) groups is 2. The minimum atomic E-state index is -0.831. The molecule has 2 bridgehead atoms. The highest BCUT2D eigenvalue weighted by atomic mass is 19.1. The van der Waals surface area contributed by atoms with Crippen LogP contribution in [0.25, 0.3) is 0 Å². The third kappa shape index (κ3) is 3.51. The van der Waals surface area contributed by atoms with E-state index in [1.807, 2.05) is 30.3 Å². The van der Waals surface area contributed by atoms with Gasteiger partial charge in [0.1, 0.15) is 18.2 Å². The lowest BCUT2D eigenvalue weighted by molar-refractivity contribution is 0.0482. The molecule has 2 heterocycles. The van der Waals surface area contributed by atoms with E-state index in [9.17, 15) is 18.4 Å². The molecule has 0 spiro atoms. The first kappa shape index (κ1) is 18.6. The van der Waals surface area contributed by atoms with Gasteiger partial charge in [-0.25, -0.2) is 13.6 Å². The second kappa shape index (κ2) is 7.70. The Hall–Kier alpha value is -2.76. The topological polar surface area (TPSA) is 46.6 Å². The molecule has 0 N–H and O–H groups in total. The Morgan fingerprint density at radius 1 is 0.929 bits per heavy atom. The Labute approximate surface area is 162 Å². The van der Waals surface area contributed by atoms with E-state index in [4.69, 9.17) is 4.74 Å². The van der Waals surface area contributed by atoms with Crippen LogP contribution in [0.4, 0.5) is 13.6 Å². The molecule has 28 heavy (non-hydrogen) atoms. The summed E-state index contributed by atoms with van der Waals surface area (Å²) in [6, 6.07) is 12.6. The molecule has 4 rings (SSSR count). The fraction of sp³-hybridized carbons (Fsp3) is 0.364. The smallest absolute Gasteiger partial charge is 0.410 e. The number of ketones is 1. The summed E-state index contributed by atoms with van der Waals surface area (Å²) in [4.78, 5) is 27.0. The van der Waals surface area contributed by atoms with Crippen molar-refractivity contribution >= 4 is 11.9 Å². The summed E-state index contributed by atoms with van der Waals surface area (Å²) in [5.41, 5.74) is 0.440. The van der Waals surface area contributed by atoms with E-state index in [2.05, 4.69) is 0 Å². The number of nitrogens with zero attached hydrogens (tertiary/aromatic N) is 1. The molecule has 2 aromatic rings. The maximum atomic E-state index is 14.0. The summed E-state index contributed by atoms with van der Waals surface area (Å²) < 4.78 is 33.4. The highest BCUT2D eigenvalue weighted by Gasteiger charge is 2.46. The normalized spacial score (nSPS) is 23.5. The van der Waals surface area contributed by atoms with Crippen molar-refractivity contribution in [2.45, 2.75) is 44.4 Å². The van der Waals surface area contributed by atoms with Crippen LogP contribution in [-0.2, 0) is 11.3 Å². The van der Waals surface area contributed by atoms with E-state index in [0.29, 0.717) is 12.8 Å². The molecule has 4 nitrogen and oxygen atoms in total. The summed E-state index contributed by atoms with van der Waals surface area (Å²) >= 11 is 0. The predicted octanol–water partition coefficient (Wildman–Crippen LogP) is 4.73. The molecular formula is C22H21F2NO3. The molecule has 6 heteroatoms. The second-order valence-corrected chi connectivity index (χ2v) is 7.46. The van der Waals surface area contributed by atoms with Crippen LogP contribution in [0.1, 0.15) is 41.6 Å². The van der Waals surface area contributed by atoms with Crippen molar-refractivity contribution in [1.29, 1.82) is 0 Å². The number of carbonyl (C=O) groups excluding carboxylic acids is 2. The molecule has 1 amide bonds. The molecular weight excluding hydrogens is 364 g/mol. The zero-order chi connectivity index (χ0) is 19.7. The molecule has 2 aliphatic rings. The van der Waals surface area contributed by atoms with Gasteiger partial charge in [0.25, 0.3) is 0 Å². The van der Waals surface area contributed by atoms with Crippen LogP contribution in [0, 0.1) is 17.6 Å². The number of rotatable bonds is 4. The Morgan fingerprint density at radius 3 is 2.14 bits per heavy atom. The van der Waals surface area contributed by atoms with Gasteiger partial charge >= 0.3 is 6.09 Å². The summed E-state index contributed by atoms with van der Waals surface area (Å²) in [6.45, 7) is 0.193. The van der Waals surface area contributed by atoms with Crippen LogP contribution >= 0.6 is 0 Å². The quantitative estimate of drug-likeness (QED) is 0.715. The third-order valence-corrected chi connectivity index (χ3v) is 5.73. The molecule has 2 fully saturated rings. The van der Waals surface area contributed by atoms with E-state index in [-0.39, 0.29) is 24.8 Å². The first-order chi connectivity index (χ1) is 13.5. The highest BCUT2D eigenvalue weighted by Crippen LogP contribution is 2.40. The molecule has 0 aliphatic carbocycles. The first-order valence-electron chi connectivity index (χ1n) is 9.52. The van der Waals surface area contributed by atoms with Crippen molar-refractivity contribution < 1.29 is 23.1 Å². The van der Waals surface area contributed by atoms with Crippen molar-refractivity contribution in [1.82, 2.24) is 4.90 Å². The Morgan fingerprint density at radius 2 is 1.54 bits per heavy atom. The monoisotopic (exact) mass is 385 g/mol. The van der Waals surface area contributed by atoms with Gasteiger partial charge in [0.2, 0.25) is 0 Å². The fourth-order valence-corrected chi connectivity index (χ4v) is 4.42. The van der Waals surface area contributed by atoms with Crippen molar-refractivity contribution in [2.75, 3.05) is 0 Å². The van der Waals surface area contributed by atoms with E-state index in [1.54, 1.807) is 4.90 Å². The van der Waals surface area contributed by atoms with Crippen LogP contribution < -0.4 is 0 Å². The molecule has 0 radical (unpaired) electrons. The summed E-state index contributed by atoms with van der Waals surface area (Å²) in [7, 11) is 0. The number of halogens is 2. The Bertz CT molecular complexity index is 852. The van der Waals surface area contributed by atoms with Crippen LogP contribution in [0.15, 0.2) is 48.5 Å². The molecule has 2 atom stereocenters. The van der Waals surface area contributed by atoms with E-state index in [1.165, 1.54) is 6.07 Å². The average molecular weight is 385 g/mol. The maximum Gasteiger partial charge on any atom is 0.410 e. The maximum absolute atomic E-state index is 14.0. The van der Waals surface area contributed by atoms with Crippen LogP contribution in [0.3, 0.4) is 0 Å². The zero-order valence-corrected chi connectivity index (χ0v) is 15.3. The molecule has 2 aliphatic heterocycles. The van der Waals surface area contributed by atoms with E-state index >= 15 is 0 Å². The number of amides is 1. The predicted molar refractivity (Wildman–Crippen MR) is 98.7 cm³/mol. The number of benzene rings is 2. The van der Waals surface area contributed by atoms with Crippen LogP contribution in [-0.4, -0.2) is 28.9 Å². The third-order valence-electron chi connectivity index (χ3n) is 5.73. The molecule has 0 saturated carbocycles.